The third-order valence-corrected chi connectivity index (χ3v) is 5.10. The van der Waals surface area contributed by atoms with Crippen molar-refractivity contribution in [1.82, 2.24) is 0 Å². The largest absolute Gasteiger partial charge is 0.490 e. The SMILES string of the molecule is NC(=O)COC(=O)c1cccc(NS(=O)(=O)c2ccc3c(c2)OCCCO3)c1. The van der Waals surface area contributed by atoms with Gasteiger partial charge in [0.2, 0.25) is 0 Å². The first-order chi connectivity index (χ1) is 13.3. The fourth-order valence-electron chi connectivity index (χ4n) is 2.45. The predicted octanol–water partition coefficient (Wildman–Crippen LogP) is 1.29. The van der Waals surface area contributed by atoms with E-state index in [0.717, 1.165) is 0 Å². The van der Waals surface area contributed by atoms with Crippen LogP contribution in [-0.2, 0) is 19.6 Å². The summed E-state index contributed by atoms with van der Waals surface area (Å²) in [5, 5.41) is 0. The van der Waals surface area contributed by atoms with Crippen molar-refractivity contribution in [3.05, 3.63) is 48.0 Å². The highest BCUT2D eigenvalue weighted by Crippen LogP contribution is 2.32. The third-order valence-electron chi connectivity index (χ3n) is 3.73. The van der Waals surface area contributed by atoms with Gasteiger partial charge < -0.3 is 19.9 Å². The molecule has 0 bridgehead atoms. The molecule has 0 unspecified atom stereocenters. The van der Waals surface area contributed by atoms with Crippen LogP contribution in [0.4, 0.5) is 5.69 Å². The Bertz CT molecular complexity index is 1000. The molecule has 0 spiro atoms. The van der Waals surface area contributed by atoms with Crippen molar-refractivity contribution < 1.29 is 32.2 Å². The van der Waals surface area contributed by atoms with Gasteiger partial charge in [0.05, 0.1) is 23.7 Å². The molecule has 0 saturated carbocycles. The molecule has 0 saturated heterocycles. The molecule has 0 aromatic heterocycles. The summed E-state index contributed by atoms with van der Waals surface area (Å²) < 4.78 is 43.5. The topological polar surface area (TPSA) is 134 Å². The molecule has 1 aliphatic rings. The molecule has 2 aromatic rings. The maximum Gasteiger partial charge on any atom is 0.338 e. The molecule has 1 heterocycles. The van der Waals surface area contributed by atoms with Crippen LogP contribution in [0.5, 0.6) is 11.5 Å². The number of nitrogens with two attached hydrogens (primary N) is 1. The Labute approximate surface area is 161 Å². The summed E-state index contributed by atoms with van der Waals surface area (Å²) in [6.07, 6.45) is 0.702. The zero-order valence-corrected chi connectivity index (χ0v) is 15.5. The zero-order chi connectivity index (χ0) is 20.1. The van der Waals surface area contributed by atoms with Gasteiger partial charge in [-0.1, -0.05) is 6.07 Å². The van der Waals surface area contributed by atoms with E-state index in [4.69, 9.17) is 19.9 Å². The molecule has 148 valence electrons. The van der Waals surface area contributed by atoms with E-state index in [9.17, 15) is 18.0 Å². The van der Waals surface area contributed by atoms with E-state index in [1.165, 1.54) is 42.5 Å². The van der Waals surface area contributed by atoms with E-state index in [0.29, 0.717) is 31.1 Å². The van der Waals surface area contributed by atoms with Crippen molar-refractivity contribution in [1.29, 1.82) is 0 Å². The zero-order valence-electron chi connectivity index (χ0n) is 14.7. The minimum atomic E-state index is -3.94. The van der Waals surface area contributed by atoms with Crippen LogP contribution in [0.1, 0.15) is 16.8 Å². The summed E-state index contributed by atoms with van der Waals surface area (Å²) >= 11 is 0. The number of fused-ring (bicyclic) bond motifs is 1. The van der Waals surface area contributed by atoms with Crippen LogP contribution in [0.2, 0.25) is 0 Å². The second kappa shape index (κ2) is 8.17. The van der Waals surface area contributed by atoms with Crippen molar-refractivity contribution in [2.24, 2.45) is 5.73 Å². The smallest absolute Gasteiger partial charge is 0.338 e. The van der Waals surface area contributed by atoms with E-state index >= 15 is 0 Å². The quantitative estimate of drug-likeness (QED) is 0.690. The Balaban J connectivity index is 1.79. The van der Waals surface area contributed by atoms with Crippen LogP contribution in [0.25, 0.3) is 0 Å². The highest BCUT2D eigenvalue weighted by Gasteiger charge is 2.19. The normalized spacial score (nSPS) is 13.3. The first-order valence-electron chi connectivity index (χ1n) is 8.33. The number of nitrogens with one attached hydrogen (secondary N) is 1. The lowest BCUT2D eigenvalue weighted by Crippen LogP contribution is -2.21. The van der Waals surface area contributed by atoms with Crippen molar-refractivity contribution >= 4 is 27.6 Å². The highest BCUT2D eigenvalue weighted by molar-refractivity contribution is 7.92. The van der Waals surface area contributed by atoms with E-state index in [1.54, 1.807) is 0 Å². The van der Waals surface area contributed by atoms with Gasteiger partial charge in [-0.25, -0.2) is 13.2 Å². The molecule has 3 rings (SSSR count). The van der Waals surface area contributed by atoms with Crippen LogP contribution in [0.15, 0.2) is 47.4 Å². The number of hydrogen-bond donors (Lipinski definition) is 2. The van der Waals surface area contributed by atoms with Gasteiger partial charge in [0.25, 0.3) is 15.9 Å². The number of carbonyl (C=O) groups excluding carboxylic acids is 2. The minimum absolute atomic E-state index is 0.0153. The number of rotatable bonds is 6. The molecule has 9 nitrogen and oxygen atoms in total. The fourth-order valence-corrected chi connectivity index (χ4v) is 3.52. The summed E-state index contributed by atoms with van der Waals surface area (Å²) in [6, 6.07) is 10.00. The van der Waals surface area contributed by atoms with Gasteiger partial charge in [0, 0.05) is 18.2 Å². The molecule has 10 heteroatoms. The van der Waals surface area contributed by atoms with Gasteiger partial charge in [-0.15, -0.1) is 0 Å². The lowest BCUT2D eigenvalue weighted by molar-refractivity contribution is -0.121. The molecule has 1 aliphatic heterocycles. The Hall–Kier alpha value is -3.27. The number of carbonyl (C=O) groups is 2. The van der Waals surface area contributed by atoms with Gasteiger partial charge in [-0.3, -0.25) is 9.52 Å². The first kappa shape index (κ1) is 19.5. The van der Waals surface area contributed by atoms with Crippen molar-refractivity contribution in [3.8, 4) is 11.5 Å². The molecule has 1 amide bonds. The lowest BCUT2D eigenvalue weighted by Gasteiger charge is -2.12. The van der Waals surface area contributed by atoms with E-state index in [2.05, 4.69) is 4.72 Å². The number of esters is 1. The van der Waals surface area contributed by atoms with E-state index in [-0.39, 0.29) is 16.1 Å². The van der Waals surface area contributed by atoms with Gasteiger partial charge in [-0.2, -0.15) is 0 Å². The molecule has 28 heavy (non-hydrogen) atoms. The van der Waals surface area contributed by atoms with Gasteiger partial charge in [0.1, 0.15) is 0 Å². The van der Waals surface area contributed by atoms with E-state index < -0.39 is 28.5 Å². The molecular formula is C18H18N2O7S. The Morgan fingerprint density at radius 2 is 1.82 bits per heavy atom. The maximum absolute atomic E-state index is 12.7. The summed E-state index contributed by atoms with van der Waals surface area (Å²) in [5.74, 6) is -0.755. The number of benzene rings is 2. The van der Waals surface area contributed by atoms with Gasteiger partial charge in [-0.05, 0) is 30.3 Å². The maximum atomic E-state index is 12.7. The summed E-state index contributed by atoms with van der Waals surface area (Å²) in [4.78, 5) is 22.6. The van der Waals surface area contributed by atoms with E-state index in [1.807, 2.05) is 0 Å². The number of sulfonamides is 1. The minimum Gasteiger partial charge on any atom is -0.490 e. The molecule has 0 radical (unpaired) electrons. The van der Waals surface area contributed by atoms with Gasteiger partial charge in [0.15, 0.2) is 18.1 Å². The number of primary amides is 1. The van der Waals surface area contributed by atoms with Crippen LogP contribution in [0.3, 0.4) is 0 Å². The third kappa shape index (κ3) is 4.71. The number of amides is 1. The number of anilines is 1. The summed E-state index contributed by atoms with van der Waals surface area (Å²) in [6.45, 7) is 0.362. The Morgan fingerprint density at radius 1 is 1.07 bits per heavy atom. The molecule has 0 aliphatic carbocycles. The predicted molar refractivity (Wildman–Crippen MR) is 98.8 cm³/mol. The summed E-state index contributed by atoms with van der Waals surface area (Å²) in [5.41, 5.74) is 5.15. The number of hydrogen-bond acceptors (Lipinski definition) is 7. The standard InChI is InChI=1S/C18H18N2O7S/c19-17(21)11-27-18(22)12-3-1-4-13(9-12)20-28(23,24)14-5-6-15-16(10-14)26-8-2-7-25-15/h1,3-6,9-10,20H,2,7-8,11H2,(H2,19,21). The molecule has 2 aromatic carbocycles. The van der Waals surface area contributed by atoms with Crippen LogP contribution in [0, 0.1) is 0 Å². The van der Waals surface area contributed by atoms with Crippen molar-refractivity contribution in [3.63, 3.8) is 0 Å². The fraction of sp³-hybridized carbons (Fsp3) is 0.222. The van der Waals surface area contributed by atoms with Gasteiger partial charge >= 0.3 is 5.97 Å². The Kier molecular flexibility index (Phi) is 5.69. The summed E-state index contributed by atoms with van der Waals surface area (Å²) in [7, 11) is -3.94. The second-order valence-corrected chi connectivity index (χ2v) is 7.57. The average molecular weight is 406 g/mol. The average Bonchev–Trinajstić information content (AvgIpc) is 2.90. The highest BCUT2D eigenvalue weighted by atomic mass is 32.2. The first-order valence-corrected chi connectivity index (χ1v) is 9.81. The monoisotopic (exact) mass is 406 g/mol. The van der Waals surface area contributed by atoms with Crippen LogP contribution >= 0.6 is 0 Å². The van der Waals surface area contributed by atoms with Crippen LogP contribution < -0.4 is 19.9 Å². The van der Waals surface area contributed by atoms with Crippen molar-refractivity contribution in [2.75, 3.05) is 24.5 Å². The molecule has 0 atom stereocenters. The van der Waals surface area contributed by atoms with Crippen LogP contribution in [-0.4, -0.2) is 40.1 Å². The molecular weight excluding hydrogens is 388 g/mol. The Morgan fingerprint density at radius 3 is 2.57 bits per heavy atom. The lowest BCUT2D eigenvalue weighted by atomic mass is 10.2. The number of ether oxygens (including phenoxy) is 3. The molecule has 0 fully saturated rings. The second-order valence-electron chi connectivity index (χ2n) is 5.89. The van der Waals surface area contributed by atoms with Crippen molar-refractivity contribution in [2.45, 2.75) is 11.3 Å². The molecule has 3 N–H and O–H groups in total.